The fraction of sp³-hybridized carbons (Fsp3) is 0.381. The molecule has 0 aromatic carbocycles. The summed E-state index contributed by atoms with van der Waals surface area (Å²) in [6.45, 7) is 5.13. The Labute approximate surface area is 168 Å². The van der Waals surface area contributed by atoms with E-state index in [0.29, 0.717) is 30.3 Å². The lowest BCUT2D eigenvalue weighted by molar-refractivity contribution is 0.0779. The van der Waals surface area contributed by atoms with Gasteiger partial charge in [0.25, 0.3) is 11.5 Å². The van der Waals surface area contributed by atoms with E-state index < -0.39 is 0 Å². The zero-order valence-corrected chi connectivity index (χ0v) is 16.8. The zero-order valence-electron chi connectivity index (χ0n) is 16.8. The van der Waals surface area contributed by atoms with Crippen LogP contribution in [0, 0.1) is 6.92 Å². The molecular formula is C21H24N6O2. The van der Waals surface area contributed by atoms with E-state index in [4.69, 9.17) is 0 Å². The minimum absolute atomic E-state index is 0.00684. The molecule has 0 aliphatic carbocycles. The molecule has 3 aromatic rings. The Morgan fingerprint density at radius 2 is 2.07 bits per heavy atom. The van der Waals surface area contributed by atoms with E-state index in [9.17, 15) is 9.59 Å². The lowest BCUT2D eigenvalue weighted by atomic mass is 10.1. The van der Waals surface area contributed by atoms with Crippen molar-refractivity contribution in [3.63, 3.8) is 0 Å². The van der Waals surface area contributed by atoms with Crippen molar-refractivity contribution in [1.82, 2.24) is 29.6 Å². The Morgan fingerprint density at radius 3 is 2.76 bits per heavy atom. The molecule has 0 bridgehead atoms. The lowest BCUT2D eigenvalue weighted by Crippen LogP contribution is -2.31. The molecule has 8 nitrogen and oxygen atoms in total. The monoisotopic (exact) mass is 392 g/mol. The Hall–Kier alpha value is -3.29. The number of carbonyl (C=O) groups is 1. The standard InChI is InChI=1S/C21H24N6O2/c1-4-16-13(2)19(26(3)25-16)21(29)27-10-7-15(12-27)20-23-17(11-18(28)24-20)14-5-8-22-9-6-14/h5-6,8-9,11,15H,4,7,10,12H2,1-3H3,(H,23,24,28). The van der Waals surface area contributed by atoms with Gasteiger partial charge in [0.15, 0.2) is 0 Å². The molecule has 1 unspecified atom stereocenters. The average molecular weight is 392 g/mol. The number of H-pyrrole nitrogens is 1. The van der Waals surface area contributed by atoms with Gasteiger partial charge in [0.1, 0.15) is 11.5 Å². The summed E-state index contributed by atoms with van der Waals surface area (Å²) < 4.78 is 1.67. The molecule has 1 amide bonds. The number of rotatable bonds is 4. The molecule has 4 rings (SSSR count). The van der Waals surface area contributed by atoms with Crippen molar-refractivity contribution in [2.24, 2.45) is 7.05 Å². The number of aryl methyl sites for hydroxylation is 2. The van der Waals surface area contributed by atoms with E-state index in [2.05, 4.69) is 20.1 Å². The summed E-state index contributed by atoms with van der Waals surface area (Å²) in [6, 6.07) is 5.14. The lowest BCUT2D eigenvalue weighted by Gasteiger charge is -2.17. The predicted molar refractivity (Wildman–Crippen MR) is 109 cm³/mol. The van der Waals surface area contributed by atoms with Crippen molar-refractivity contribution >= 4 is 5.91 Å². The molecule has 3 aromatic heterocycles. The number of nitrogens with one attached hydrogen (secondary N) is 1. The van der Waals surface area contributed by atoms with Crippen LogP contribution in [0.25, 0.3) is 11.3 Å². The van der Waals surface area contributed by atoms with E-state index in [0.717, 1.165) is 29.7 Å². The summed E-state index contributed by atoms with van der Waals surface area (Å²) >= 11 is 0. The molecule has 4 heterocycles. The molecule has 1 aliphatic heterocycles. The number of hydrogen-bond donors (Lipinski definition) is 1. The summed E-state index contributed by atoms with van der Waals surface area (Å²) in [5, 5.41) is 4.46. The highest BCUT2D eigenvalue weighted by Crippen LogP contribution is 2.27. The third-order valence-electron chi connectivity index (χ3n) is 5.52. The predicted octanol–water partition coefficient (Wildman–Crippen LogP) is 2.07. The SMILES string of the molecule is CCc1nn(C)c(C(=O)N2CCC(c3nc(-c4ccncc4)cc(=O)[nH]3)C2)c1C. The fourth-order valence-corrected chi connectivity index (χ4v) is 3.98. The molecule has 1 atom stereocenters. The molecule has 150 valence electrons. The third-order valence-corrected chi connectivity index (χ3v) is 5.52. The fourth-order valence-electron chi connectivity index (χ4n) is 3.98. The van der Waals surface area contributed by atoms with Crippen molar-refractivity contribution in [3.8, 4) is 11.3 Å². The van der Waals surface area contributed by atoms with E-state index in [-0.39, 0.29) is 17.4 Å². The maximum absolute atomic E-state index is 13.1. The van der Waals surface area contributed by atoms with Gasteiger partial charge in [-0.1, -0.05) is 6.92 Å². The molecule has 29 heavy (non-hydrogen) atoms. The molecule has 1 N–H and O–H groups in total. The normalized spacial score (nSPS) is 16.4. The summed E-state index contributed by atoms with van der Waals surface area (Å²) in [5.74, 6) is 0.593. The van der Waals surface area contributed by atoms with Gasteiger partial charge in [0, 0.05) is 55.6 Å². The first-order valence-electron chi connectivity index (χ1n) is 9.81. The number of likely N-dealkylation sites (tertiary alicyclic amines) is 1. The number of aromatic amines is 1. The average Bonchev–Trinajstić information content (AvgIpc) is 3.32. The van der Waals surface area contributed by atoms with E-state index in [1.165, 1.54) is 6.07 Å². The summed E-state index contributed by atoms with van der Waals surface area (Å²) in [6.07, 6.45) is 4.90. The molecule has 8 heteroatoms. The molecule has 0 saturated carbocycles. The first-order valence-corrected chi connectivity index (χ1v) is 9.81. The number of pyridine rings is 1. The van der Waals surface area contributed by atoms with Crippen LogP contribution in [0.5, 0.6) is 0 Å². The summed E-state index contributed by atoms with van der Waals surface area (Å²) in [5.41, 5.74) is 3.79. The van der Waals surface area contributed by atoms with Crippen LogP contribution < -0.4 is 5.56 Å². The highest BCUT2D eigenvalue weighted by molar-refractivity contribution is 5.94. The molecule has 0 radical (unpaired) electrons. The maximum atomic E-state index is 13.1. The number of aromatic nitrogens is 5. The van der Waals surface area contributed by atoms with Crippen LogP contribution in [0.3, 0.4) is 0 Å². The topological polar surface area (TPSA) is 96.8 Å². The van der Waals surface area contributed by atoms with Crippen molar-refractivity contribution in [3.05, 3.63) is 63.7 Å². The van der Waals surface area contributed by atoms with Crippen molar-refractivity contribution in [1.29, 1.82) is 0 Å². The second-order valence-electron chi connectivity index (χ2n) is 7.39. The van der Waals surface area contributed by atoms with E-state index >= 15 is 0 Å². The van der Waals surface area contributed by atoms with Gasteiger partial charge in [0.2, 0.25) is 0 Å². The van der Waals surface area contributed by atoms with E-state index in [1.54, 1.807) is 17.1 Å². The van der Waals surface area contributed by atoms with Crippen LogP contribution in [0.4, 0.5) is 0 Å². The maximum Gasteiger partial charge on any atom is 0.272 e. The smallest absolute Gasteiger partial charge is 0.272 e. The quantitative estimate of drug-likeness (QED) is 0.733. The van der Waals surface area contributed by atoms with Crippen LogP contribution >= 0.6 is 0 Å². The molecule has 0 spiro atoms. The highest BCUT2D eigenvalue weighted by Gasteiger charge is 2.32. The van der Waals surface area contributed by atoms with Crippen LogP contribution in [0.15, 0.2) is 35.4 Å². The second-order valence-corrected chi connectivity index (χ2v) is 7.39. The summed E-state index contributed by atoms with van der Waals surface area (Å²) in [4.78, 5) is 38.7. The van der Waals surface area contributed by atoms with Crippen molar-refractivity contribution in [2.75, 3.05) is 13.1 Å². The van der Waals surface area contributed by atoms with Gasteiger partial charge in [-0.25, -0.2) is 4.98 Å². The van der Waals surface area contributed by atoms with Crippen LogP contribution in [0.2, 0.25) is 0 Å². The number of amides is 1. The second kappa shape index (κ2) is 7.62. The Kier molecular flexibility index (Phi) is 5.00. The zero-order chi connectivity index (χ0) is 20.5. The first kappa shape index (κ1) is 19.0. The minimum atomic E-state index is -0.193. The van der Waals surface area contributed by atoms with Crippen molar-refractivity contribution in [2.45, 2.75) is 32.6 Å². The van der Waals surface area contributed by atoms with E-state index in [1.807, 2.05) is 37.9 Å². The Balaban J connectivity index is 1.58. The largest absolute Gasteiger partial charge is 0.337 e. The van der Waals surface area contributed by atoms with Gasteiger partial charge < -0.3 is 9.88 Å². The minimum Gasteiger partial charge on any atom is -0.337 e. The van der Waals surface area contributed by atoms with Crippen LogP contribution in [-0.4, -0.2) is 48.6 Å². The van der Waals surface area contributed by atoms with Gasteiger partial charge in [-0.2, -0.15) is 5.10 Å². The first-order chi connectivity index (χ1) is 14.0. The number of hydrogen-bond acceptors (Lipinski definition) is 5. The van der Waals surface area contributed by atoms with Gasteiger partial charge in [-0.3, -0.25) is 19.3 Å². The Bertz CT molecular complexity index is 1100. The van der Waals surface area contributed by atoms with Crippen LogP contribution in [0.1, 0.15) is 46.8 Å². The molecule has 1 aliphatic rings. The van der Waals surface area contributed by atoms with Gasteiger partial charge in [-0.15, -0.1) is 0 Å². The summed E-state index contributed by atoms with van der Waals surface area (Å²) in [7, 11) is 1.81. The van der Waals surface area contributed by atoms with Crippen molar-refractivity contribution < 1.29 is 4.79 Å². The molecule has 1 saturated heterocycles. The Morgan fingerprint density at radius 1 is 1.31 bits per heavy atom. The van der Waals surface area contributed by atoms with Crippen LogP contribution in [-0.2, 0) is 13.5 Å². The number of nitrogens with zero attached hydrogens (tertiary/aromatic N) is 5. The van der Waals surface area contributed by atoms with Gasteiger partial charge in [-0.05, 0) is 31.9 Å². The number of carbonyl (C=O) groups excluding carboxylic acids is 1. The third kappa shape index (κ3) is 3.57. The molecule has 1 fully saturated rings. The van der Waals surface area contributed by atoms with Gasteiger partial charge in [0.05, 0.1) is 11.4 Å². The molecular weight excluding hydrogens is 368 g/mol. The van der Waals surface area contributed by atoms with Gasteiger partial charge >= 0.3 is 0 Å². The highest BCUT2D eigenvalue weighted by atomic mass is 16.2.